The van der Waals surface area contributed by atoms with Crippen molar-refractivity contribution in [3.05, 3.63) is 119 Å². The van der Waals surface area contributed by atoms with E-state index < -0.39 is 0 Å². The van der Waals surface area contributed by atoms with Gasteiger partial charge in [-0.3, -0.25) is 9.59 Å². The molecule has 0 fully saturated rings. The molecular formula is C27H24N2O4. The van der Waals surface area contributed by atoms with Crippen molar-refractivity contribution in [2.45, 2.75) is 20.1 Å². The summed E-state index contributed by atoms with van der Waals surface area (Å²) in [6.07, 6.45) is 1.47. The van der Waals surface area contributed by atoms with Gasteiger partial charge < -0.3 is 19.8 Å². The Morgan fingerprint density at radius 1 is 0.879 bits per heavy atom. The summed E-state index contributed by atoms with van der Waals surface area (Å²) in [6.45, 7) is 2.48. The number of para-hydroxylation sites is 1. The fraction of sp³-hybridized carbons (Fsp3) is 0.111. The normalized spacial score (nSPS) is 10.5. The van der Waals surface area contributed by atoms with Crippen LogP contribution in [0.25, 0.3) is 0 Å². The van der Waals surface area contributed by atoms with Gasteiger partial charge in [-0.05, 0) is 55.0 Å². The largest absolute Gasteiger partial charge is 0.489 e. The van der Waals surface area contributed by atoms with E-state index >= 15 is 0 Å². The smallest absolute Gasteiger partial charge is 0.287 e. The van der Waals surface area contributed by atoms with Crippen molar-refractivity contribution in [2.75, 3.05) is 5.32 Å². The SMILES string of the molecule is Cc1ccc(C(=O)Nc2cccc(CNC(=O)c3occc3COc3ccccc3)c2)cc1. The molecule has 2 amide bonds. The number of nitrogens with one attached hydrogen (secondary N) is 2. The molecule has 6 nitrogen and oxygen atoms in total. The fourth-order valence-electron chi connectivity index (χ4n) is 3.26. The van der Waals surface area contributed by atoms with Crippen LogP contribution in [-0.2, 0) is 13.2 Å². The summed E-state index contributed by atoms with van der Waals surface area (Å²) in [5.41, 5.74) is 3.84. The van der Waals surface area contributed by atoms with E-state index in [2.05, 4.69) is 10.6 Å². The summed E-state index contributed by atoms with van der Waals surface area (Å²) >= 11 is 0. The Hall–Kier alpha value is -4.32. The lowest BCUT2D eigenvalue weighted by Gasteiger charge is -2.09. The molecule has 0 aliphatic rings. The van der Waals surface area contributed by atoms with Gasteiger partial charge in [-0.15, -0.1) is 0 Å². The van der Waals surface area contributed by atoms with E-state index in [9.17, 15) is 9.59 Å². The van der Waals surface area contributed by atoms with Crippen LogP contribution in [0.2, 0.25) is 0 Å². The summed E-state index contributed by atoms with van der Waals surface area (Å²) in [5, 5.41) is 5.75. The molecule has 4 aromatic rings. The Labute approximate surface area is 192 Å². The van der Waals surface area contributed by atoms with Crippen LogP contribution < -0.4 is 15.4 Å². The monoisotopic (exact) mass is 440 g/mol. The van der Waals surface area contributed by atoms with Gasteiger partial charge in [-0.25, -0.2) is 0 Å². The summed E-state index contributed by atoms with van der Waals surface area (Å²) in [7, 11) is 0. The highest BCUT2D eigenvalue weighted by molar-refractivity contribution is 6.04. The van der Waals surface area contributed by atoms with Crippen molar-refractivity contribution in [1.29, 1.82) is 0 Å². The van der Waals surface area contributed by atoms with Crippen LogP contribution in [0, 0.1) is 6.92 Å². The van der Waals surface area contributed by atoms with Gasteiger partial charge >= 0.3 is 0 Å². The van der Waals surface area contributed by atoms with Crippen molar-refractivity contribution in [1.82, 2.24) is 5.32 Å². The molecule has 0 radical (unpaired) electrons. The minimum Gasteiger partial charge on any atom is -0.489 e. The van der Waals surface area contributed by atoms with Gasteiger partial charge in [0.05, 0.1) is 6.26 Å². The second kappa shape index (κ2) is 10.3. The number of hydrogen-bond acceptors (Lipinski definition) is 4. The molecule has 3 aromatic carbocycles. The zero-order valence-corrected chi connectivity index (χ0v) is 18.2. The van der Waals surface area contributed by atoms with Crippen molar-refractivity contribution in [3.63, 3.8) is 0 Å². The zero-order chi connectivity index (χ0) is 23.0. The second-order valence-corrected chi connectivity index (χ2v) is 7.58. The van der Waals surface area contributed by atoms with E-state index in [4.69, 9.17) is 9.15 Å². The summed E-state index contributed by atoms with van der Waals surface area (Å²) < 4.78 is 11.1. The lowest BCUT2D eigenvalue weighted by Crippen LogP contribution is -2.23. The number of amides is 2. The average Bonchev–Trinajstić information content (AvgIpc) is 3.31. The third-order valence-corrected chi connectivity index (χ3v) is 5.04. The summed E-state index contributed by atoms with van der Waals surface area (Å²) in [6, 6.07) is 25.8. The summed E-state index contributed by atoms with van der Waals surface area (Å²) in [5.74, 6) is 0.417. The maximum atomic E-state index is 12.7. The topological polar surface area (TPSA) is 80.6 Å². The van der Waals surface area contributed by atoms with Crippen LogP contribution >= 0.6 is 0 Å². The fourth-order valence-corrected chi connectivity index (χ4v) is 3.26. The minimum absolute atomic E-state index is 0.185. The Kier molecular flexibility index (Phi) is 6.85. The highest BCUT2D eigenvalue weighted by Gasteiger charge is 2.16. The first-order valence-corrected chi connectivity index (χ1v) is 10.6. The molecule has 0 bridgehead atoms. The van der Waals surface area contributed by atoms with Crippen LogP contribution in [-0.4, -0.2) is 11.8 Å². The van der Waals surface area contributed by atoms with E-state index in [0.29, 0.717) is 16.8 Å². The molecule has 0 unspecified atom stereocenters. The van der Waals surface area contributed by atoms with Gasteiger partial charge in [0.1, 0.15) is 12.4 Å². The quantitative estimate of drug-likeness (QED) is 0.387. The van der Waals surface area contributed by atoms with Crippen molar-refractivity contribution < 1.29 is 18.7 Å². The third-order valence-electron chi connectivity index (χ3n) is 5.04. The molecule has 4 rings (SSSR count). The number of carbonyl (C=O) groups excluding carboxylic acids is 2. The number of carbonyl (C=O) groups is 2. The predicted molar refractivity (Wildman–Crippen MR) is 126 cm³/mol. The van der Waals surface area contributed by atoms with Gasteiger partial charge in [-0.2, -0.15) is 0 Å². The predicted octanol–water partition coefficient (Wildman–Crippen LogP) is 5.35. The zero-order valence-electron chi connectivity index (χ0n) is 18.2. The van der Waals surface area contributed by atoms with Gasteiger partial charge in [0, 0.05) is 23.4 Å². The first-order valence-electron chi connectivity index (χ1n) is 10.6. The number of rotatable bonds is 8. The lowest BCUT2D eigenvalue weighted by atomic mass is 10.1. The molecule has 0 spiro atoms. The Balaban J connectivity index is 1.34. The van der Waals surface area contributed by atoms with Crippen LogP contribution in [0.15, 0.2) is 95.6 Å². The van der Waals surface area contributed by atoms with Crippen molar-refractivity contribution in [3.8, 4) is 5.75 Å². The first-order chi connectivity index (χ1) is 16.1. The van der Waals surface area contributed by atoms with Crippen molar-refractivity contribution in [2.24, 2.45) is 0 Å². The lowest BCUT2D eigenvalue weighted by molar-refractivity contribution is 0.0919. The molecule has 6 heteroatoms. The molecule has 33 heavy (non-hydrogen) atoms. The molecule has 0 aliphatic heterocycles. The molecule has 166 valence electrons. The van der Waals surface area contributed by atoms with E-state index in [1.165, 1.54) is 6.26 Å². The highest BCUT2D eigenvalue weighted by atomic mass is 16.5. The molecule has 0 saturated heterocycles. The second-order valence-electron chi connectivity index (χ2n) is 7.58. The van der Waals surface area contributed by atoms with Gasteiger partial charge in [0.25, 0.3) is 11.8 Å². The first kappa shape index (κ1) is 21.9. The Morgan fingerprint density at radius 3 is 2.45 bits per heavy atom. The number of hydrogen-bond donors (Lipinski definition) is 2. The van der Waals surface area contributed by atoms with Crippen LogP contribution in [0.1, 0.15) is 37.6 Å². The number of benzene rings is 3. The van der Waals surface area contributed by atoms with E-state index in [0.717, 1.165) is 16.9 Å². The third kappa shape index (κ3) is 5.89. The van der Waals surface area contributed by atoms with Gasteiger partial charge in [0.2, 0.25) is 0 Å². The standard InChI is InChI=1S/C27H24N2O4/c1-19-10-12-21(13-11-19)26(30)29-23-7-5-6-20(16-23)17-28-27(31)25-22(14-15-32-25)18-33-24-8-3-2-4-9-24/h2-16H,17-18H2,1H3,(H,28,31)(H,29,30). The van der Waals surface area contributed by atoms with Crippen LogP contribution in [0.5, 0.6) is 5.75 Å². The molecule has 1 aromatic heterocycles. The number of anilines is 1. The Bertz CT molecular complexity index is 1230. The molecule has 1 heterocycles. The number of aryl methyl sites for hydroxylation is 1. The van der Waals surface area contributed by atoms with Crippen molar-refractivity contribution >= 4 is 17.5 Å². The molecule has 0 aliphatic carbocycles. The van der Waals surface area contributed by atoms with E-state index in [1.807, 2.05) is 73.7 Å². The van der Waals surface area contributed by atoms with Gasteiger partial charge in [-0.1, -0.05) is 48.0 Å². The average molecular weight is 440 g/mol. The Morgan fingerprint density at radius 2 is 1.67 bits per heavy atom. The molecular weight excluding hydrogens is 416 g/mol. The van der Waals surface area contributed by atoms with E-state index in [-0.39, 0.29) is 30.7 Å². The van der Waals surface area contributed by atoms with Gasteiger partial charge in [0.15, 0.2) is 5.76 Å². The number of furan rings is 1. The van der Waals surface area contributed by atoms with E-state index in [1.54, 1.807) is 18.2 Å². The molecule has 0 saturated carbocycles. The highest BCUT2D eigenvalue weighted by Crippen LogP contribution is 2.17. The maximum Gasteiger partial charge on any atom is 0.287 e. The number of ether oxygens (including phenoxy) is 1. The van der Waals surface area contributed by atoms with Crippen LogP contribution in [0.3, 0.4) is 0 Å². The molecule has 0 atom stereocenters. The maximum absolute atomic E-state index is 12.7. The minimum atomic E-state index is -0.333. The molecule has 2 N–H and O–H groups in total. The summed E-state index contributed by atoms with van der Waals surface area (Å²) in [4.78, 5) is 25.1. The van der Waals surface area contributed by atoms with Crippen LogP contribution in [0.4, 0.5) is 5.69 Å².